The molecular formula is C9H9ClN4O4. The molecule has 0 saturated carbocycles. The molecule has 0 fully saturated rings. The molecule has 0 bridgehead atoms. The summed E-state index contributed by atoms with van der Waals surface area (Å²) in [5.41, 5.74) is 4.61. The van der Waals surface area contributed by atoms with Gasteiger partial charge in [0.1, 0.15) is 11.3 Å². The maximum absolute atomic E-state index is 10.6. The molecule has 1 aromatic heterocycles. The Hall–Kier alpha value is -1.95. The van der Waals surface area contributed by atoms with Gasteiger partial charge < -0.3 is 15.9 Å². The maximum atomic E-state index is 10.6. The quantitative estimate of drug-likeness (QED) is 0.411. The predicted molar refractivity (Wildman–Crippen MR) is 61.5 cm³/mol. The molecule has 2 unspecified atom stereocenters. The first-order valence-electron chi connectivity index (χ1n) is 4.71. The third-order valence-corrected chi connectivity index (χ3v) is 2.49. The monoisotopic (exact) mass is 272 g/mol. The van der Waals surface area contributed by atoms with Gasteiger partial charge in [-0.3, -0.25) is 10.1 Å². The Kier molecular flexibility index (Phi) is 4.38. The lowest BCUT2D eigenvalue weighted by molar-refractivity contribution is -0.384. The largest absolute Gasteiger partial charge is 0.389 e. The van der Waals surface area contributed by atoms with Gasteiger partial charge in [0, 0.05) is 11.6 Å². The van der Waals surface area contributed by atoms with Gasteiger partial charge in [0.2, 0.25) is 5.82 Å². The van der Waals surface area contributed by atoms with Gasteiger partial charge >= 0.3 is 5.69 Å². The molecule has 0 spiro atoms. The van der Waals surface area contributed by atoms with E-state index in [4.69, 9.17) is 22.6 Å². The van der Waals surface area contributed by atoms with Gasteiger partial charge in [-0.2, -0.15) is 5.26 Å². The van der Waals surface area contributed by atoms with Crippen LogP contribution in [0.5, 0.6) is 0 Å². The standard InChI is InChI=1S/C9H9ClN4O4/c10-8-4(7(16)6(15)1-2-11)3-5(14(17)18)9(12)13-8/h3,6-7,15-16H,1H2,(H2,12,13). The number of hydrogen-bond acceptors (Lipinski definition) is 7. The highest BCUT2D eigenvalue weighted by molar-refractivity contribution is 6.30. The van der Waals surface area contributed by atoms with E-state index in [0.29, 0.717) is 0 Å². The molecule has 8 nitrogen and oxygen atoms in total. The summed E-state index contributed by atoms with van der Waals surface area (Å²) < 4.78 is 0. The highest BCUT2D eigenvalue weighted by atomic mass is 35.5. The average molecular weight is 273 g/mol. The molecule has 2 atom stereocenters. The lowest BCUT2D eigenvalue weighted by Crippen LogP contribution is -2.18. The van der Waals surface area contributed by atoms with Crippen molar-refractivity contribution in [1.82, 2.24) is 4.98 Å². The minimum absolute atomic E-state index is 0.152. The summed E-state index contributed by atoms with van der Waals surface area (Å²) in [6.45, 7) is 0. The van der Waals surface area contributed by atoms with Crippen molar-refractivity contribution in [2.75, 3.05) is 5.73 Å². The molecule has 1 heterocycles. The van der Waals surface area contributed by atoms with E-state index in [9.17, 15) is 20.3 Å². The second-order valence-corrected chi connectivity index (χ2v) is 3.76. The van der Waals surface area contributed by atoms with E-state index in [2.05, 4.69) is 4.98 Å². The van der Waals surface area contributed by atoms with Crippen molar-refractivity contribution in [2.24, 2.45) is 0 Å². The zero-order valence-corrected chi connectivity index (χ0v) is 9.70. The molecule has 0 radical (unpaired) electrons. The number of rotatable bonds is 4. The number of nitrogens with two attached hydrogens (primary N) is 1. The van der Waals surface area contributed by atoms with Crippen molar-refractivity contribution in [1.29, 1.82) is 5.26 Å². The minimum Gasteiger partial charge on any atom is -0.389 e. The Morgan fingerprint density at radius 2 is 2.28 bits per heavy atom. The minimum atomic E-state index is -1.55. The zero-order valence-electron chi connectivity index (χ0n) is 8.95. The number of nitro groups is 1. The van der Waals surface area contributed by atoms with Crippen LogP contribution < -0.4 is 5.73 Å². The summed E-state index contributed by atoms with van der Waals surface area (Å²) >= 11 is 5.68. The van der Waals surface area contributed by atoms with Gasteiger partial charge in [0.25, 0.3) is 0 Å². The van der Waals surface area contributed by atoms with E-state index in [1.54, 1.807) is 6.07 Å². The fourth-order valence-corrected chi connectivity index (χ4v) is 1.53. The number of halogens is 1. The SMILES string of the molecule is N#CCC(O)C(O)c1cc([N+](=O)[O-])c(N)nc1Cl. The van der Waals surface area contributed by atoms with Crippen LogP contribution >= 0.6 is 11.6 Å². The Morgan fingerprint density at radius 1 is 1.67 bits per heavy atom. The molecule has 1 rings (SSSR count). The Morgan fingerprint density at radius 3 is 2.78 bits per heavy atom. The molecule has 18 heavy (non-hydrogen) atoms. The van der Waals surface area contributed by atoms with Gasteiger partial charge in [0.05, 0.1) is 23.5 Å². The van der Waals surface area contributed by atoms with Crippen LogP contribution in [-0.2, 0) is 0 Å². The molecule has 0 aromatic carbocycles. The molecular weight excluding hydrogens is 264 g/mol. The normalized spacial score (nSPS) is 13.7. The van der Waals surface area contributed by atoms with Crippen LogP contribution in [0.4, 0.5) is 11.5 Å². The van der Waals surface area contributed by atoms with Crippen molar-refractivity contribution >= 4 is 23.1 Å². The number of nitriles is 1. The molecule has 0 saturated heterocycles. The Balaban J connectivity index is 3.20. The molecule has 96 valence electrons. The molecule has 0 aliphatic rings. The van der Waals surface area contributed by atoms with Gasteiger partial charge in [0.15, 0.2) is 0 Å². The number of hydrogen-bond donors (Lipinski definition) is 3. The highest BCUT2D eigenvalue weighted by Crippen LogP contribution is 2.31. The van der Waals surface area contributed by atoms with Crippen LogP contribution in [0.2, 0.25) is 5.15 Å². The van der Waals surface area contributed by atoms with Gasteiger partial charge in [-0.25, -0.2) is 4.98 Å². The number of aliphatic hydroxyl groups excluding tert-OH is 2. The highest BCUT2D eigenvalue weighted by Gasteiger charge is 2.25. The smallest absolute Gasteiger partial charge is 0.311 e. The Labute approximate surface area is 106 Å². The molecule has 9 heteroatoms. The van der Waals surface area contributed by atoms with Crippen molar-refractivity contribution in [2.45, 2.75) is 18.6 Å². The van der Waals surface area contributed by atoms with E-state index in [1.807, 2.05) is 0 Å². The van der Waals surface area contributed by atoms with Crippen molar-refractivity contribution in [3.63, 3.8) is 0 Å². The first kappa shape index (κ1) is 14.1. The average Bonchev–Trinajstić information content (AvgIpc) is 2.28. The van der Waals surface area contributed by atoms with E-state index < -0.39 is 28.6 Å². The van der Waals surface area contributed by atoms with Crippen LogP contribution in [0.3, 0.4) is 0 Å². The van der Waals surface area contributed by atoms with Crippen molar-refractivity contribution < 1.29 is 15.1 Å². The van der Waals surface area contributed by atoms with E-state index in [0.717, 1.165) is 6.07 Å². The van der Waals surface area contributed by atoms with Crippen LogP contribution in [-0.4, -0.2) is 26.2 Å². The van der Waals surface area contributed by atoms with E-state index >= 15 is 0 Å². The predicted octanol–water partition coefficient (Wildman–Crippen LogP) is 0.533. The molecule has 0 aliphatic carbocycles. The summed E-state index contributed by atoms with van der Waals surface area (Å²) in [4.78, 5) is 13.4. The third-order valence-electron chi connectivity index (χ3n) is 2.19. The number of nitrogen functional groups attached to an aromatic ring is 1. The third kappa shape index (κ3) is 2.84. The van der Waals surface area contributed by atoms with Gasteiger partial charge in [-0.15, -0.1) is 0 Å². The lowest BCUT2D eigenvalue weighted by Gasteiger charge is -2.16. The van der Waals surface area contributed by atoms with E-state index in [-0.39, 0.29) is 17.1 Å². The number of anilines is 1. The molecule has 4 N–H and O–H groups in total. The van der Waals surface area contributed by atoms with Crippen molar-refractivity contribution in [3.8, 4) is 6.07 Å². The van der Waals surface area contributed by atoms with Gasteiger partial charge in [-0.05, 0) is 0 Å². The number of pyridine rings is 1. The first-order valence-corrected chi connectivity index (χ1v) is 5.09. The Bertz CT molecular complexity index is 516. The van der Waals surface area contributed by atoms with Gasteiger partial charge in [-0.1, -0.05) is 11.6 Å². The number of aromatic nitrogens is 1. The first-order chi connectivity index (χ1) is 8.38. The summed E-state index contributed by atoms with van der Waals surface area (Å²) in [7, 11) is 0. The number of nitrogens with zero attached hydrogens (tertiary/aromatic N) is 3. The summed E-state index contributed by atoms with van der Waals surface area (Å²) in [5.74, 6) is -0.393. The van der Waals surface area contributed by atoms with Crippen LogP contribution in [0.25, 0.3) is 0 Å². The summed E-state index contributed by atoms with van der Waals surface area (Å²) in [5, 5.41) is 37.9. The fraction of sp³-hybridized carbons (Fsp3) is 0.333. The fourth-order valence-electron chi connectivity index (χ4n) is 1.27. The topological polar surface area (TPSA) is 146 Å². The zero-order chi connectivity index (χ0) is 13.9. The lowest BCUT2D eigenvalue weighted by atomic mass is 10.0. The van der Waals surface area contributed by atoms with Crippen molar-refractivity contribution in [3.05, 3.63) is 26.9 Å². The second kappa shape index (κ2) is 5.59. The van der Waals surface area contributed by atoms with E-state index in [1.165, 1.54) is 0 Å². The number of aliphatic hydroxyl groups is 2. The second-order valence-electron chi connectivity index (χ2n) is 3.40. The summed E-state index contributed by atoms with van der Waals surface area (Å²) in [6.07, 6.45) is -3.32. The summed E-state index contributed by atoms with van der Waals surface area (Å²) in [6, 6.07) is 2.58. The maximum Gasteiger partial charge on any atom is 0.311 e. The van der Waals surface area contributed by atoms with Crippen LogP contribution in [0.15, 0.2) is 6.07 Å². The molecule has 1 aromatic rings. The van der Waals surface area contributed by atoms with Crippen LogP contribution in [0.1, 0.15) is 18.1 Å². The molecule has 0 aliphatic heterocycles. The van der Waals surface area contributed by atoms with Crippen LogP contribution in [0, 0.1) is 21.4 Å². The molecule has 0 amide bonds.